The number of hydrogen-bond donors (Lipinski definition) is 0. The molecule has 0 radical (unpaired) electrons. The minimum atomic E-state index is -2.93. The predicted octanol–water partition coefficient (Wildman–Crippen LogP) is -0.178. The van der Waals surface area contributed by atoms with Crippen molar-refractivity contribution in [3.63, 3.8) is 0 Å². The van der Waals surface area contributed by atoms with E-state index < -0.39 is 9.84 Å². The van der Waals surface area contributed by atoms with Crippen LogP contribution in [0, 0.1) is 5.92 Å². The first kappa shape index (κ1) is 19.2. The summed E-state index contributed by atoms with van der Waals surface area (Å²) in [4.78, 5) is 30.4. The third kappa shape index (κ3) is 4.92. The minimum Gasteiger partial charge on any atom is -0.339 e. The van der Waals surface area contributed by atoms with E-state index in [9.17, 15) is 18.0 Å². The highest BCUT2D eigenvalue weighted by Crippen LogP contribution is 2.16. The van der Waals surface area contributed by atoms with Gasteiger partial charge in [-0.1, -0.05) is 13.8 Å². The molecule has 0 bridgehead atoms. The molecule has 0 N–H and O–H groups in total. The molecule has 2 unspecified atom stereocenters. The van der Waals surface area contributed by atoms with E-state index in [1.54, 1.807) is 0 Å². The Labute approximate surface area is 144 Å². The van der Waals surface area contributed by atoms with Crippen LogP contribution in [0.2, 0.25) is 0 Å². The molecule has 0 aromatic rings. The highest BCUT2D eigenvalue weighted by molar-refractivity contribution is 7.91. The lowest BCUT2D eigenvalue weighted by molar-refractivity contribution is -0.135. The Morgan fingerprint density at radius 2 is 1.62 bits per heavy atom. The summed E-state index contributed by atoms with van der Waals surface area (Å²) in [6, 6.07) is 0.00748. The number of carbonyl (C=O) groups is 2. The van der Waals surface area contributed by atoms with Gasteiger partial charge in [-0.3, -0.25) is 14.5 Å². The first-order valence-corrected chi connectivity index (χ1v) is 10.5. The van der Waals surface area contributed by atoms with Gasteiger partial charge in [-0.2, -0.15) is 0 Å². The second-order valence-corrected chi connectivity index (χ2v) is 9.38. The van der Waals surface area contributed by atoms with Gasteiger partial charge in [-0.15, -0.1) is 0 Å². The zero-order chi connectivity index (χ0) is 17.9. The van der Waals surface area contributed by atoms with Crippen molar-refractivity contribution in [3.8, 4) is 0 Å². The van der Waals surface area contributed by atoms with Gasteiger partial charge in [0, 0.05) is 45.2 Å². The Morgan fingerprint density at radius 1 is 1.00 bits per heavy atom. The molecular weight excluding hydrogens is 330 g/mol. The quantitative estimate of drug-likeness (QED) is 0.699. The van der Waals surface area contributed by atoms with Crippen molar-refractivity contribution in [2.24, 2.45) is 5.92 Å². The third-order valence-corrected chi connectivity index (χ3v) is 6.44. The van der Waals surface area contributed by atoms with Crippen LogP contribution >= 0.6 is 0 Å². The number of nitrogens with zero attached hydrogens (tertiary/aromatic N) is 3. The maximum atomic E-state index is 12.6. The molecule has 0 spiro atoms. The maximum absolute atomic E-state index is 12.6. The van der Waals surface area contributed by atoms with Crippen LogP contribution in [0.1, 0.15) is 27.2 Å². The van der Waals surface area contributed by atoms with Crippen LogP contribution in [-0.2, 0) is 19.4 Å². The molecule has 2 fully saturated rings. The summed E-state index contributed by atoms with van der Waals surface area (Å²) < 4.78 is 23.0. The number of amides is 2. The monoisotopic (exact) mass is 359 g/mol. The van der Waals surface area contributed by atoms with Crippen molar-refractivity contribution < 1.29 is 18.0 Å². The van der Waals surface area contributed by atoms with Gasteiger partial charge in [0.1, 0.15) is 0 Å². The van der Waals surface area contributed by atoms with Crippen molar-refractivity contribution in [1.82, 2.24) is 14.7 Å². The zero-order valence-corrected chi connectivity index (χ0v) is 15.7. The third-order valence-electron chi connectivity index (χ3n) is 4.83. The molecule has 2 aliphatic heterocycles. The SMILES string of the molecule is CCC(=O)N1CC(C)CN(C(=O)CN2CCS(=O)(=O)CC2)CC1C. The van der Waals surface area contributed by atoms with Crippen LogP contribution in [0.15, 0.2) is 0 Å². The lowest BCUT2D eigenvalue weighted by Gasteiger charge is -2.31. The summed E-state index contributed by atoms with van der Waals surface area (Å²) >= 11 is 0. The summed E-state index contributed by atoms with van der Waals surface area (Å²) in [5.74, 6) is 0.650. The minimum absolute atomic E-state index is 0.00748. The Hall–Kier alpha value is -1.15. The molecule has 2 saturated heterocycles. The van der Waals surface area contributed by atoms with Crippen molar-refractivity contribution >= 4 is 21.7 Å². The Balaban J connectivity index is 1.95. The lowest BCUT2D eigenvalue weighted by Crippen LogP contribution is -2.49. The van der Waals surface area contributed by atoms with Gasteiger partial charge in [0.25, 0.3) is 0 Å². The van der Waals surface area contributed by atoms with E-state index in [-0.39, 0.29) is 41.8 Å². The van der Waals surface area contributed by atoms with Crippen LogP contribution in [0.4, 0.5) is 0 Å². The Kier molecular flexibility index (Phi) is 6.25. The van der Waals surface area contributed by atoms with Gasteiger partial charge in [0.05, 0.1) is 18.1 Å². The van der Waals surface area contributed by atoms with Crippen molar-refractivity contribution in [2.45, 2.75) is 33.2 Å². The van der Waals surface area contributed by atoms with Gasteiger partial charge < -0.3 is 9.80 Å². The fourth-order valence-corrected chi connectivity index (χ4v) is 4.67. The zero-order valence-electron chi connectivity index (χ0n) is 14.9. The van der Waals surface area contributed by atoms with Gasteiger partial charge in [0.15, 0.2) is 9.84 Å². The molecule has 2 aliphatic rings. The highest BCUT2D eigenvalue weighted by Gasteiger charge is 2.31. The average Bonchev–Trinajstić information content (AvgIpc) is 2.67. The second kappa shape index (κ2) is 7.82. The Bertz CT molecular complexity index is 564. The molecule has 0 aromatic carbocycles. The van der Waals surface area contributed by atoms with Crippen LogP contribution in [-0.4, -0.2) is 91.7 Å². The molecule has 2 amide bonds. The molecular formula is C16H29N3O4S. The van der Waals surface area contributed by atoms with Crippen LogP contribution in [0.5, 0.6) is 0 Å². The molecule has 138 valence electrons. The first-order chi connectivity index (χ1) is 11.2. The van der Waals surface area contributed by atoms with E-state index in [4.69, 9.17) is 0 Å². The first-order valence-electron chi connectivity index (χ1n) is 8.72. The number of sulfone groups is 1. The summed E-state index contributed by atoms with van der Waals surface area (Å²) in [5.41, 5.74) is 0. The lowest BCUT2D eigenvalue weighted by atomic mass is 10.1. The molecule has 7 nitrogen and oxygen atoms in total. The molecule has 0 saturated carbocycles. The Morgan fingerprint density at radius 3 is 2.21 bits per heavy atom. The van der Waals surface area contributed by atoms with Crippen molar-refractivity contribution in [2.75, 3.05) is 50.8 Å². The maximum Gasteiger partial charge on any atom is 0.236 e. The largest absolute Gasteiger partial charge is 0.339 e. The number of carbonyl (C=O) groups excluding carboxylic acids is 2. The van der Waals surface area contributed by atoms with E-state index in [2.05, 4.69) is 6.92 Å². The summed E-state index contributed by atoms with van der Waals surface area (Å²) in [7, 11) is -2.93. The molecule has 2 atom stereocenters. The fraction of sp³-hybridized carbons (Fsp3) is 0.875. The molecule has 2 heterocycles. The fourth-order valence-electron chi connectivity index (χ4n) is 3.40. The van der Waals surface area contributed by atoms with Gasteiger partial charge in [-0.05, 0) is 12.8 Å². The van der Waals surface area contributed by atoms with Crippen LogP contribution < -0.4 is 0 Å². The standard InChI is InChI=1S/C16H29N3O4S/c1-4-15(20)19-10-13(2)9-18(11-14(19)3)16(21)12-17-5-7-24(22,23)8-6-17/h13-14H,4-12H2,1-3H3. The topological polar surface area (TPSA) is 78.0 Å². The molecule has 8 heteroatoms. The van der Waals surface area contributed by atoms with Gasteiger partial charge in [0.2, 0.25) is 11.8 Å². The van der Waals surface area contributed by atoms with Crippen LogP contribution in [0.25, 0.3) is 0 Å². The van der Waals surface area contributed by atoms with Crippen LogP contribution in [0.3, 0.4) is 0 Å². The summed E-state index contributed by atoms with van der Waals surface area (Å²) in [6.07, 6.45) is 0.479. The number of rotatable bonds is 3. The predicted molar refractivity (Wildman–Crippen MR) is 92.3 cm³/mol. The summed E-state index contributed by atoms with van der Waals surface area (Å²) in [6.45, 7) is 8.88. The number of hydrogen-bond acceptors (Lipinski definition) is 5. The van der Waals surface area contributed by atoms with E-state index in [0.29, 0.717) is 39.1 Å². The molecule has 0 aliphatic carbocycles. The van der Waals surface area contributed by atoms with E-state index in [1.807, 2.05) is 28.5 Å². The average molecular weight is 359 g/mol. The van der Waals surface area contributed by atoms with Gasteiger partial charge in [-0.25, -0.2) is 8.42 Å². The molecule has 24 heavy (non-hydrogen) atoms. The smallest absolute Gasteiger partial charge is 0.236 e. The second-order valence-electron chi connectivity index (χ2n) is 7.08. The normalized spacial score (nSPS) is 28.5. The molecule has 0 aromatic heterocycles. The van der Waals surface area contributed by atoms with E-state index >= 15 is 0 Å². The molecule has 2 rings (SSSR count). The van der Waals surface area contributed by atoms with Crippen molar-refractivity contribution in [3.05, 3.63) is 0 Å². The summed E-state index contributed by atoms with van der Waals surface area (Å²) in [5, 5.41) is 0. The van der Waals surface area contributed by atoms with E-state index in [1.165, 1.54) is 0 Å². The van der Waals surface area contributed by atoms with Gasteiger partial charge >= 0.3 is 0 Å². The van der Waals surface area contributed by atoms with E-state index in [0.717, 1.165) is 0 Å². The highest BCUT2D eigenvalue weighted by atomic mass is 32.2. The van der Waals surface area contributed by atoms with Crippen molar-refractivity contribution in [1.29, 1.82) is 0 Å².